The Morgan fingerprint density at radius 2 is 2.47 bits per heavy atom. The third-order valence-electron chi connectivity index (χ3n) is 2.30. The van der Waals surface area contributed by atoms with E-state index in [1.54, 1.807) is 12.3 Å². The van der Waals surface area contributed by atoms with Crippen LogP contribution in [-0.2, 0) is 0 Å². The highest BCUT2D eigenvalue weighted by atomic mass is 79.9. The van der Waals surface area contributed by atoms with Gasteiger partial charge in [0.25, 0.3) is 0 Å². The van der Waals surface area contributed by atoms with Crippen molar-refractivity contribution in [2.24, 2.45) is 0 Å². The highest BCUT2D eigenvalue weighted by Gasteiger charge is 2.16. The zero-order chi connectivity index (χ0) is 10.7. The first-order chi connectivity index (χ1) is 7.25. The first-order valence-corrected chi connectivity index (χ1v) is 6.11. The third kappa shape index (κ3) is 3.06. The van der Waals surface area contributed by atoms with Crippen molar-refractivity contribution in [3.8, 4) is 5.88 Å². The molecule has 1 N–H and O–H groups in total. The lowest BCUT2D eigenvalue weighted by molar-refractivity contribution is 0.159. The van der Waals surface area contributed by atoms with Gasteiger partial charge in [0.05, 0.1) is 9.50 Å². The van der Waals surface area contributed by atoms with Crippen LogP contribution in [0.2, 0.25) is 5.02 Å². The van der Waals surface area contributed by atoms with Crippen molar-refractivity contribution in [2.45, 2.75) is 18.9 Å². The number of halogens is 2. The minimum Gasteiger partial charge on any atom is -0.472 e. The second-order valence-corrected chi connectivity index (χ2v) is 4.82. The van der Waals surface area contributed by atoms with Gasteiger partial charge in [-0.15, -0.1) is 0 Å². The minimum atomic E-state index is 0.212. The standard InChI is InChI=1S/C10H12BrClN2O/c11-9-4-7(12)5-14-10(9)15-8-2-1-3-13-6-8/h4-5,8,13H,1-3,6H2/t8-/m0/s1. The number of ether oxygens (including phenoxy) is 1. The maximum atomic E-state index is 5.80. The molecule has 0 spiro atoms. The van der Waals surface area contributed by atoms with E-state index in [2.05, 4.69) is 26.2 Å². The molecule has 0 bridgehead atoms. The van der Waals surface area contributed by atoms with Gasteiger partial charge in [-0.1, -0.05) is 11.6 Å². The van der Waals surface area contributed by atoms with Crippen LogP contribution >= 0.6 is 27.5 Å². The second kappa shape index (κ2) is 5.14. The van der Waals surface area contributed by atoms with Crippen LogP contribution in [0, 0.1) is 0 Å². The van der Waals surface area contributed by atoms with Crippen molar-refractivity contribution >= 4 is 27.5 Å². The molecule has 2 rings (SSSR count). The zero-order valence-corrected chi connectivity index (χ0v) is 10.5. The molecule has 2 heterocycles. The molecular weight excluding hydrogens is 279 g/mol. The topological polar surface area (TPSA) is 34.1 Å². The van der Waals surface area contributed by atoms with E-state index in [1.807, 2.05) is 0 Å². The molecule has 0 aliphatic carbocycles. The number of rotatable bonds is 2. The van der Waals surface area contributed by atoms with Crippen molar-refractivity contribution in [1.82, 2.24) is 10.3 Å². The van der Waals surface area contributed by atoms with Gasteiger partial charge in [-0.3, -0.25) is 0 Å². The van der Waals surface area contributed by atoms with Gasteiger partial charge in [0.15, 0.2) is 0 Å². The van der Waals surface area contributed by atoms with Crippen LogP contribution in [0.1, 0.15) is 12.8 Å². The Morgan fingerprint density at radius 1 is 1.60 bits per heavy atom. The maximum Gasteiger partial charge on any atom is 0.228 e. The predicted molar refractivity (Wildman–Crippen MR) is 63.5 cm³/mol. The summed E-state index contributed by atoms with van der Waals surface area (Å²) in [7, 11) is 0. The summed E-state index contributed by atoms with van der Waals surface area (Å²) in [6.45, 7) is 1.96. The van der Waals surface area contributed by atoms with E-state index in [4.69, 9.17) is 16.3 Å². The molecule has 1 saturated heterocycles. The van der Waals surface area contributed by atoms with Crippen LogP contribution in [0.5, 0.6) is 5.88 Å². The molecule has 0 amide bonds. The molecule has 1 aliphatic heterocycles. The summed E-state index contributed by atoms with van der Waals surface area (Å²) in [5, 5.41) is 3.90. The Bertz CT molecular complexity index is 342. The molecule has 1 aromatic heterocycles. The average Bonchev–Trinajstić information content (AvgIpc) is 2.24. The Morgan fingerprint density at radius 3 is 3.13 bits per heavy atom. The highest BCUT2D eigenvalue weighted by molar-refractivity contribution is 9.10. The van der Waals surface area contributed by atoms with Gasteiger partial charge in [-0.25, -0.2) is 4.98 Å². The summed E-state index contributed by atoms with van der Waals surface area (Å²) < 4.78 is 6.57. The molecule has 3 nitrogen and oxygen atoms in total. The van der Waals surface area contributed by atoms with Gasteiger partial charge in [-0.05, 0) is 41.4 Å². The van der Waals surface area contributed by atoms with Crippen molar-refractivity contribution in [3.05, 3.63) is 21.8 Å². The number of piperidine rings is 1. The van der Waals surface area contributed by atoms with Crippen LogP contribution in [0.25, 0.3) is 0 Å². The van der Waals surface area contributed by atoms with E-state index in [0.29, 0.717) is 10.9 Å². The normalized spacial score (nSPS) is 21.3. The summed E-state index contributed by atoms with van der Waals surface area (Å²) >= 11 is 9.18. The molecule has 15 heavy (non-hydrogen) atoms. The maximum absolute atomic E-state index is 5.80. The Labute approximate surface area is 102 Å². The molecule has 1 atom stereocenters. The number of nitrogens with one attached hydrogen (secondary N) is 1. The first kappa shape index (κ1) is 11.2. The van der Waals surface area contributed by atoms with Gasteiger partial charge < -0.3 is 10.1 Å². The van der Waals surface area contributed by atoms with E-state index in [0.717, 1.165) is 30.4 Å². The smallest absolute Gasteiger partial charge is 0.228 e. The lowest BCUT2D eigenvalue weighted by atomic mass is 10.1. The third-order valence-corrected chi connectivity index (χ3v) is 3.08. The summed E-state index contributed by atoms with van der Waals surface area (Å²) in [6.07, 6.45) is 4.03. The molecule has 82 valence electrons. The number of aromatic nitrogens is 1. The minimum absolute atomic E-state index is 0.212. The second-order valence-electron chi connectivity index (χ2n) is 3.53. The molecule has 0 radical (unpaired) electrons. The van der Waals surface area contributed by atoms with E-state index in [1.165, 1.54) is 0 Å². The molecule has 1 aliphatic rings. The van der Waals surface area contributed by atoms with Gasteiger partial charge >= 0.3 is 0 Å². The van der Waals surface area contributed by atoms with Gasteiger partial charge in [0, 0.05) is 12.7 Å². The molecule has 5 heteroatoms. The highest BCUT2D eigenvalue weighted by Crippen LogP contribution is 2.26. The summed E-state index contributed by atoms with van der Waals surface area (Å²) in [6, 6.07) is 1.79. The van der Waals surface area contributed by atoms with E-state index in [9.17, 15) is 0 Å². The molecule has 0 unspecified atom stereocenters. The molecule has 0 aromatic carbocycles. The lowest BCUT2D eigenvalue weighted by Crippen LogP contribution is -2.37. The summed E-state index contributed by atoms with van der Waals surface area (Å²) in [4.78, 5) is 4.14. The predicted octanol–water partition coefficient (Wildman–Crippen LogP) is 2.63. The van der Waals surface area contributed by atoms with Crippen LogP contribution in [-0.4, -0.2) is 24.2 Å². The van der Waals surface area contributed by atoms with E-state index >= 15 is 0 Å². The van der Waals surface area contributed by atoms with E-state index in [-0.39, 0.29) is 6.10 Å². The number of hydrogen-bond acceptors (Lipinski definition) is 3. The fourth-order valence-corrected chi connectivity index (χ4v) is 2.30. The fourth-order valence-electron chi connectivity index (χ4n) is 1.57. The van der Waals surface area contributed by atoms with E-state index < -0.39 is 0 Å². The Hall–Kier alpha value is -0.320. The molecule has 1 fully saturated rings. The van der Waals surface area contributed by atoms with Crippen molar-refractivity contribution in [2.75, 3.05) is 13.1 Å². The van der Waals surface area contributed by atoms with Crippen LogP contribution in [0.15, 0.2) is 16.7 Å². The fraction of sp³-hybridized carbons (Fsp3) is 0.500. The summed E-state index contributed by atoms with van der Waals surface area (Å²) in [5.41, 5.74) is 0. The summed E-state index contributed by atoms with van der Waals surface area (Å²) in [5.74, 6) is 0.619. The van der Waals surface area contributed by atoms with Crippen LogP contribution < -0.4 is 10.1 Å². The van der Waals surface area contributed by atoms with Crippen LogP contribution in [0.4, 0.5) is 0 Å². The van der Waals surface area contributed by atoms with Crippen LogP contribution in [0.3, 0.4) is 0 Å². The van der Waals surface area contributed by atoms with Crippen molar-refractivity contribution in [1.29, 1.82) is 0 Å². The molecule has 1 aromatic rings. The van der Waals surface area contributed by atoms with Gasteiger partial charge in [-0.2, -0.15) is 0 Å². The number of nitrogens with zero attached hydrogens (tertiary/aromatic N) is 1. The number of hydrogen-bond donors (Lipinski definition) is 1. The largest absolute Gasteiger partial charge is 0.472 e. The SMILES string of the molecule is Clc1cnc(O[C@H]2CCCNC2)c(Br)c1. The Balaban J connectivity index is 2.03. The zero-order valence-electron chi connectivity index (χ0n) is 8.17. The Kier molecular flexibility index (Phi) is 3.83. The average molecular weight is 292 g/mol. The van der Waals surface area contributed by atoms with Crippen molar-refractivity contribution in [3.63, 3.8) is 0 Å². The number of pyridine rings is 1. The monoisotopic (exact) mass is 290 g/mol. The molecular formula is C10H12BrClN2O. The van der Waals surface area contributed by atoms with Gasteiger partial charge in [0.1, 0.15) is 6.10 Å². The molecule has 0 saturated carbocycles. The van der Waals surface area contributed by atoms with Gasteiger partial charge in [0.2, 0.25) is 5.88 Å². The first-order valence-electron chi connectivity index (χ1n) is 4.94. The lowest BCUT2D eigenvalue weighted by Gasteiger charge is -2.23. The van der Waals surface area contributed by atoms with Crippen molar-refractivity contribution < 1.29 is 4.74 Å². The quantitative estimate of drug-likeness (QED) is 0.909.